The van der Waals surface area contributed by atoms with Crippen LogP contribution in [0.25, 0.3) is 0 Å². The number of nitrogens with zero attached hydrogens (tertiary/aromatic N) is 1. The molecular formula is C8H13N3O3S. The summed E-state index contributed by atoms with van der Waals surface area (Å²) in [5, 5.41) is 19.2. The number of nitrogens with one attached hydrogen (secondary N) is 1. The molecule has 0 aliphatic heterocycles. The second-order valence-corrected chi connectivity index (χ2v) is 3.75. The van der Waals surface area contributed by atoms with Crippen molar-refractivity contribution in [2.24, 2.45) is 5.73 Å². The SMILES string of the molecule is N#CCCNC(=O)CSCC(N)C(=O)O. The van der Waals surface area contributed by atoms with Crippen LogP contribution in [0.5, 0.6) is 0 Å². The Labute approximate surface area is 91.8 Å². The molecule has 0 saturated heterocycles. The maximum atomic E-state index is 11.0. The first-order valence-corrected chi connectivity index (χ1v) is 5.43. The van der Waals surface area contributed by atoms with Crippen LogP contribution in [0.3, 0.4) is 0 Å². The summed E-state index contributed by atoms with van der Waals surface area (Å²) in [7, 11) is 0. The number of hydrogen-bond donors (Lipinski definition) is 3. The molecule has 0 heterocycles. The summed E-state index contributed by atoms with van der Waals surface area (Å²) in [5.74, 6) is -0.937. The van der Waals surface area contributed by atoms with Gasteiger partial charge in [-0.3, -0.25) is 9.59 Å². The van der Waals surface area contributed by atoms with Crippen molar-refractivity contribution in [3.05, 3.63) is 0 Å². The Morgan fingerprint density at radius 3 is 2.80 bits per heavy atom. The number of rotatable bonds is 7. The number of carboxylic acids is 1. The molecule has 0 fully saturated rings. The van der Waals surface area contributed by atoms with Gasteiger partial charge >= 0.3 is 5.97 Å². The minimum absolute atomic E-state index is 0.159. The number of carboxylic acid groups (broad SMARTS) is 1. The van der Waals surface area contributed by atoms with Gasteiger partial charge in [0.2, 0.25) is 5.91 Å². The van der Waals surface area contributed by atoms with E-state index < -0.39 is 12.0 Å². The largest absolute Gasteiger partial charge is 0.480 e. The van der Waals surface area contributed by atoms with E-state index in [1.165, 1.54) is 0 Å². The lowest BCUT2D eigenvalue weighted by molar-refractivity contribution is -0.138. The van der Waals surface area contributed by atoms with Gasteiger partial charge in [0, 0.05) is 12.3 Å². The summed E-state index contributed by atoms with van der Waals surface area (Å²) < 4.78 is 0. The Morgan fingerprint density at radius 1 is 1.60 bits per heavy atom. The van der Waals surface area contributed by atoms with E-state index in [0.717, 1.165) is 11.8 Å². The average Bonchev–Trinajstić information content (AvgIpc) is 2.18. The summed E-state index contributed by atoms with van der Waals surface area (Å²) in [4.78, 5) is 21.4. The maximum absolute atomic E-state index is 11.0. The first-order chi connectivity index (χ1) is 7.07. The molecule has 0 spiro atoms. The van der Waals surface area contributed by atoms with Crippen molar-refractivity contribution >= 4 is 23.6 Å². The Kier molecular flexibility index (Phi) is 7.40. The molecule has 7 heteroatoms. The zero-order valence-electron chi connectivity index (χ0n) is 8.10. The predicted octanol–water partition coefficient (Wildman–Crippen LogP) is -0.839. The summed E-state index contributed by atoms with van der Waals surface area (Å²) in [6.07, 6.45) is 0.269. The molecule has 0 radical (unpaired) electrons. The standard InChI is InChI=1S/C8H13N3O3S/c9-2-1-3-11-7(12)5-15-4-6(10)8(13)14/h6H,1,3-5,10H2,(H,11,12)(H,13,14). The number of nitriles is 1. The van der Waals surface area contributed by atoms with Gasteiger partial charge in [-0.25, -0.2) is 0 Å². The van der Waals surface area contributed by atoms with E-state index in [4.69, 9.17) is 16.1 Å². The molecule has 4 N–H and O–H groups in total. The molecule has 84 valence electrons. The number of amides is 1. The molecule has 0 rings (SSSR count). The average molecular weight is 231 g/mol. The van der Waals surface area contributed by atoms with Crippen molar-refractivity contribution in [1.29, 1.82) is 5.26 Å². The van der Waals surface area contributed by atoms with E-state index in [1.54, 1.807) is 0 Å². The Bertz CT molecular complexity index is 264. The fourth-order valence-corrected chi connectivity index (χ4v) is 1.46. The molecular weight excluding hydrogens is 218 g/mol. The van der Waals surface area contributed by atoms with Crippen LogP contribution in [0.15, 0.2) is 0 Å². The molecule has 6 nitrogen and oxygen atoms in total. The number of aliphatic carboxylic acids is 1. The Morgan fingerprint density at radius 2 is 2.27 bits per heavy atom. The Hall–Kier alpha value is -1.26. The first-order valence-electron chi connectivity index (χ1n) is 4.27. The second kappa shape index (κ2) is 8.08. The smallest absolute Gasteiger partial charge is 0.321 e. The van der Waals surface area contributed by atoms with E-state index in [2.05, 4.69) is 5.32 Å². The van der Waals surface area contributed by atoms with Gasteiger partial charge in [-0.05, 0) is 0 Å². The van der Waals surface area contributed by atoms with Gasteiger partial charge in [0.15, 0.2) is 0 Å². The highest BCUT2D eigenvalue weighted by molar-refractivity contribution is 8.00. The summed E-state index contributed by atoms with van der Waals surface area (Å²) in [6, 6.07) is 0.950. The number of thioether (sulfide) groups is 1. The van der Waals surface area contributed by atoms with Crippen LogP contribution in [0.4, 0.5) is 0 Å². The number of carbonyl (C=O) groups excluding carboxylic acids is 1. The number of nitrogens with two attached hydrogens (primary N) is 1. The predicted molar refractivity (Wildman–Crippen MR) is 56.2 cm³/mol. The van der Waals surface area contributed by atoms with Gasteiger partial charge in [0.25, 0.3) is 0 Å². The fraction of sp³-hybridized carbons (Fsp3) is 0.625. The van der Waals surface area contributed by atoms with Gasteiger partial charge in [-0.2, -0.15) is 5.26 Å². The molecule has 0 aliphatic rings. The zero-order chi connectivity index (χ0) is 11.7. The summed E-state index contributed by atoms with van der Waals surface area (Å²) >= 11 is 1.16. The molecule has 0 aromatic heterocycles. The highest BCUT2D eigenvalue weighted by Crippen LogP contribution is 2.01. The summed E-state index contributed by atoms with van der Waals surface area (Å²) in [5.41, 5.74) is 5.23. The first kappa shape index (κ1) is 13.7. The van der Waals surface area contributed by atoms with Crippen molar-refractivity contribution in [3.8, 4) is 6.07 Å². The van der Waals surface area contributed by atoms with Crippen molar-refractivity contribution in [3.63, 3.8) is 0 Å². The summed E-state index contributed by atoms with van der Waals surface area (Å²) in [6.45, 7) is 0.320. The van der Waals surface area contributed by atoms with Crippen LogP contribution in [-0.2, 0) is 9.59 Å². The van der Waals surface area contributed by atoms with E-state index in [0.29, 0.717) is 6.54 Å². The van der Waals surface area contributed by atoms with Crippen LogP contribution >= 0.6 is 11.8 Å². The third kappa shape index (κ3) is 7.78. The lowest BCUT2D eigenvalue weighted by Crippen LogP contribution is -2.33. The molecule has 0 aromatic rings. The van der Waals surface area contributed by atoms with Gasteiger partial charge in [-0.1, -0.05) is 0 Å². The van der Waals surface area contributed by atoms with E-state index in [-0.39, 0.29) is 23.8 Å². The van der Waals surface area contributed by atoms with E-state index in [9.17, 15) is 9.59 Å². The highest BCUT2D eigenvalue weighted by atomic mass is 32.2. The molecule has 1 unspecified atom stereocenters. The van der Waals surface area contributed by atoms with Crippen molar-refractivity contribution < 1.29 is 14.7 Å². The molecule has 0 bridgehead atoms. The molecule has 1 atom stereocenters. The Balaban J connectivity index is 3.47. The number of hydrogen-bond acceptors (Lipinski definition) is 5. The van der Waals surface area contributed by atoms with E-state index >= 15 is 0 Å². The molecule has 0 saturated carbocycles. The number of carbonyl (C=O) groups is 2. The van der Waals surface area contributed by atoms with Crippen LogP contribution < -0.4 is 11.1 Å². The topological polar surface area (TPSA) is 116 Å². The van der Waals surface area contributed by atoms with Gasteiger partial charge in [0.1, 0.15) is 6.04 Å². The van der Waals surface area contributed by atoms with Crippen molar-refractivity contribution in [2.75, 3.05) is 18.1 Å². The quantitative estimate of drug-likeness (QED) is 0.492. The molecule has 1 amide bonds. The fourth-order valence-electron chi connectivity index (χ4n) is 0.659. The van der Waals surface area contributed by atoms with Crippen LogP contribution in [0.2, 0.25) is 0 Å². The molecule has 0 aliphatic carbocycles. The third-order valence-corrected chi connectivity index (χ3v) is 2.47. The van der Waals surface area contributed by atoms with Crippen LogP contribution in [0.1, 0.15) is 6.42 Å². The monoisotopic (exact) mass is 231 g/mol. The van der Waals surface area contributed by atoms with Gasteiger partial charge < -0.3 is 16.2 Å². The molecule has 0 aromatic carbocycles. The zero-order valence-corrected chi connectivity index (χ0v) is 8.92. The van der Waals surface area contributed by atoms with Crippen LogP contribution in [-0.4, -0.2) is 41.1 Å². The lowest BCUT2D eigenvalue weighted by Gasteiger charge is -2.05. The third-order valence-electron chi connectivity index (χ3n) is 1.41. The van der Waals surface area contributed by atoms with Gasteiger partial charge in [-0.15, -0.1) is 11.8 Å². The van der Waals surface area contributed by atoms with Crippen molar-refractivity contribution in [1.82, 2.24) is 5.32 Å². The maximum Gasteiger partial charge on any atom is 0.321 e. The van der Waals surface area contributed by atoms with E-state index in [1.807, 2.05) is 6.07 Å². The highest BCUT2D eigenvalue weighted by Gasteiger charge is 2.11. The van der Waals surface area contributed by atoms with Crippen LogP contribution in [0, 0.1) is 11.3 Å². The lowest BCUT2D eigenvalue weighted by atomic mass is 10.4. The second-order valence-electron chi connectivity index (χ2n) is 2.72. The normalized spacial score (nSPS) is 11.5. The minimum Gasteiger partial charge on any atom is -0.480 e. The molecule has 15 heavy (non-hydrogen) atoms. The van der Waals surface area contributed by atoms with Gasteiger partial charge in [0.05, 0.1) is 18.2 Å². The van der Waals surface area contributed by atoms with Crippen molar-refractivity contribution in [2.45, 2.75) is 12.5 Å². The minimum atomic E-state index is -1.08.